The van der Waals surface area contributed by atoms with Crippen molar-refractivity contribution in [1.82, 2.24) is 10.2 Å². The first-order valence-corrected chi connectivity index (χ1v) is 9.59. The van der Waals surface area contributed by atoms with Crippen molar-refractivity contribution in [3.05, 3.63) is 35.9 Å². The van der Waals surface area contributed by atoms with Gasteiger partial charge in [0.2, 0.25) is 0 Å². The summed E-state index contributed by atoms with van der Waals surface area (Å²) in [7, 11) is 0. The van der Waals surface area contributed by atoms with E-state index in [-0.39, 0.29) is 0 Å². The molecule has 2 rings (SSSR count). The second-order valence-electron chi connectivity index (χ2n) is 6.40. The average molecular weight is 307 g/mol. The highest BCUT2D eigenvalue weighted by molar-refractivity contribution is 7.98. The van der Waals surface area contributed by atoms with Gasteiger partial charge in [0.15, 0.2) is 0 Å². The minimum absolute atomic E-state index is 0.512. The Balaban J connectivity index is 2.21. The first-order valence-electron chi connectivity index (χ1n) is 8.20. The molecule has 0 amide bonds. The normalized spacial score (nSPS) is 25.2. The zero-order valence-corrected chi connectivity index (χ0v) is 14.7. The van der Waals surface area contributed by atoms with E-state index in [0.29, 0.717) is 24.0 Å². The monoisotopic (exact) mass is 306 g/mol. The average Bonchev–Trinajstić information content (AvgIpc) is 2.53. The van der Waals surface area contributed by atoms with E-state index in [4.69, 9.17) is 0 Å². The maximum Gasteiger partial charge on any atom is 0.0476 e. The van der Waals surface area contributed by atoms with Crippen LogP contribution >= 0.6 is 11.8 Å². The lowest BCUT2D eigenvalue weighted by Gasteiger charge is -2.46. The van der Waals surface area contributed by atoms with Gasteiger partial charge in [-0.2, -0.15) is 11.8 Å². The fraction of sp³-hybridized carbons (Fsp3) is 0.667. The molecule has 3 atom stereocenters. The van der Waals surface area contributed by atoms with Crippen molar-refractivity contribution < 1.29 is 0 Å². The zero-order valence-electron chi connectivity index (χ0n) is 13.9. The molecule has 118 valence electrons. The highest BCUT2D eigenvalue weighted by Crippen LogP contribution is 2.29. The largest absolute Gasteiger partial charge is 0.311 e. The van der Waals surface area contributed by atoms with Crippen molar-refractivity contribution >= 4 is 11.8 Å². The lowest BCUT2D eigenvalue weighted by Crippen LogP contribution is -2.57. The van der Waals surface area contributed by atoms with Gasteiger partial charge in [-0.15, -0.1) is 0 Å². The minimum atomic E-state index is 0.512. The number of nitrogens with zero attached hydrogens (tertiary/aromatic N) is 1. The summed E-state index contributed by atoms with van der Waals surface area (Å²) in [5.41, 5.74) is 1.45. The predicted octanol–water partition coefficient (Wildman–Crippen LogP) is 3.80. The van der Waals surface area contributed by atoms with Crippen LogP contribution in [0.15, 0.2) is 30.3 Å². The first-order chi connectivity index (χ1) is 10.2. The number of benzene rings is 1. The Kier molecular flexibility index (Phi) is 6.59. The van der Waals surface area contributed by atoms with E-state index < -0.39 is 0 Å². The summed E-state index contributed by atoms with van der Waals surface area (Å²) in [5.74, 6) is 1.92. The SMILES string of the molecule is CCC(CSC)N1CC(C(C)C)NCC1c1ccccc1. The Morgan fingerprint density at radius 2 is 2.00 bits per heavy atom. The molecule has 3 heteroatoms. The number of piperazine rings is 1. The fourth-order valence-electron chi connectivity index (χ4n) is 3.27. The lowest BCUT2D eigenvalue weighted by molar-refractivity contribution is 0.0760. The first kappa shape index (κ1) is 16.9. The summed E-state index contributed by atoms with van der Waals surface area (Å²) >= 11 is 1.97. The molecule has 0 bridgehead atoms. The molecule has 1 heterocycles. The van der Waals surface area contributed by atoms with E-state index in [1.54, 1.807) is 0 Å². The van der Waals surface area contributed by atoms with E-state index >= 15 is 0 Å². The summed E-state index contributed by atoms with van der Waals surface area (Å²) in [6.07, 6.45) is 3.46. The van der Waals surface area contributed by atoms with Crippen molar-refractivity contribution in [2.75, 3.05) is 25.1 Å². The van der Waals surface area contributed by atoms with Crippen molar-refractivity contribution in [3.63, 3.8) is 0 Å². The van der Waals surface area contributed by atoms with Crippen molar-refractivity contribution in [3.8, 4) is 0 Å². The van der Waals surface area contributed by atoms with Crippen LogP contribution in [0, 0.1) is 5.92 Å². The van der Waals surface area contributed by atoms with E-state index in [9.17, 15) is 0 Å². The molecule has 1 aromatic carbocycles. The standard InChI is InChI=1S/C18H30N2S/c1-5-16(13-21-4)20-12-17(14(2)3)19-11-18(20)15-9-7-6-8-10-15/h6-10,14,16-19H,5,11-13H2,1-4H3. The molecule has 1 aliphatic heterocycles. The van der Waals surface area contributed by atoms with Crippen LogP contribution in [0.5, 0.6) is 0 Å². The molecule has 0 saturated carbocycles. The molecule has 3 unspecified atom stereocenters. The fourth-order valence-corrected chi connectivity index (χ4v) is 4.09. The van der Waals surface area contributed by atoms with Gasteiger partial charge in [0, 0.05) is 37.0 Å². The van der Waals surface area contributed by atoms with Crippen LogP contribution in [-0.4, -0.2) is 42.1 Å². The van der Waals surface area contributed by atoms with Crippen molar-refractivity contribution in [2.45, 2.75) is 45.3 Å². The number of hydrogen-bond donors (Lipinski definition) is 1. The third-order valence-corrected chi connectivity index (χ3v) is 5.39. The second-order valence-corrected chi connectivity index (χ2v) is 7.31. The Hall–Kier alpha value is -0.510. The highest BCUT2D eigenvalue weighted by atomic mass is 32.2. The molecule has 1 saturated heterocycles. The molecule has 0 spiro atoms. The van der Waals surface area contributed by atoms with Gasteiger partial charge in [-0.1, -0.05) is 51.1 Å². The molecule has 21 heavy (non-hydrogen) atoms. The molecule has 2 nitrogen and oxygen atoms in total. The minimum Gasteiger partial charge on any atom is -0.311 e. The van der Waals surface area contributed by atoms with Crippen LogP contribution in [0.3, 0.4) is 0 Å². The van der Waals surface area contributed by atoms with Gasteiger partial charge >= 0.3 is 0 Å². The van der Waals surface area contributed by atoms with E-state index in [2.05, 4.69) is 67.6 Å². The van der Waals surface area contributed by atoms with Crippen molar-refractivity contribution in [1.29, 1.82) is 0 Å². The maximum atomic E-state index is 3.77. The number of hydrogen-bond acceptors (Lipinski definition) is 3. The quantitative estimate of drug-likeness (QED) is 0.860. The van der Waals surface area contributed by atoms with Gasteiger partial charge in [-0.25, -0.2) is 0 Å². The second kappa shape index (κ2) is 8.21. The predicted molar refractivity (Wildman–Crippen MR) is 95.0 cm³/mol. The van der Waals surface area contributed by atoms with Crippen LogP contribution in [-0.2, 0) is 0 Å². The summed E-state index contributed by atoms with van der Waals surface area (Å²) in [5, 5.41) is 3.77. The smallest absolute Gasteiger partial charge is 0.0476 e. The highest BCUT2D eigenvalue weighted by Gasteiger charge is 2.33. The van der Waals surface area contributed by atoms with E-state index in [1.165, 1.54) is 17.7 Å². The molecule has 0 radical (unpaired) electrons. The Morgan fingerprint density at radius 3 is 2.57 bits per heavy atom. The Bertz CT molecular complexity index is 407. The third-order valence-electron chi connectivity index (χ3n) is 4.67. The molecular weight excluding hydrogens is 276 g/mol. The molecule has 1 N–H and O–H groups in total. The molecule has 1 fully saturated rings. The van der Waals surface area contributed by atoms with Gasteiger partial charge in [-0.3, -0.25) is 4.90 Å². The van der Waals surface area contributed by atoms with Gasteiger partial charge in [0.05, 0.1) is 0 Å². The third kappa shape index (κ3) is 4.24. The molecule has 1 aromatic rings. The van der Waals surface area contributed by atoms with Gasteiger partial charge in [-0.05, 0) is 24.2 Å². The molecule has 1 aliphatic rings. The summed E-state index contributed by atoms with van der Waals surface area (Å²) in [6, 6.07) is 12.8. The van der Waals surface area contributed by atoms with Crippen LogP contribution in [0.1, 0.15) is 38.8 Å². The van der Waals surface area contributed by atoms with Crippen LogP contribution in [0.4, 0.5) is 0 Å². The summed E-state index contributed by atoms with van der Waals surface area (Å²) in [4.78, 5) is 2.76. The van der Waals surface area contributed by atoms with Gasteiger partial charge in [0.25, 0.3) is 0 Å². The topological polar surface area (TPSA) is 15.3 Å². The summed E-state index contributed by atoms with van der Waals surface area (Å²) < 4.78 is 0. The number of rotatable bonds is 6. The van der Waals surface area contributed by atoms with Crippen LogP contribution in [0.25, 0.3) is 0 Å². The van der Waals surface area contributed by atoms with Crippen LogP contribution < -0.4 is 5.32 Å². The molecule has 0 aromatic heterocycles. The number of thioether (sulfide) groups is 1. The van der Waals surface area contributed by atoms with Crippen molar-refractivity contribution in [2.24, 2.45) is 5.92 Å². The number of nitrogens with one attached hydrogen (secondary N) is 1. The molecule has 0 aliphatic carbocycles. The maximum absolute atomic E-state index is 3.77. The van der Waals surface area contributed by atoms with Gasteiger partial charge < -0.3 is 5.32 Å². The van der Waals surface area contributed by atoms with Crippen LogP contribution in [0.2, 0.25) is 0 Å². The summed E-state index contributed by atoms with van der Waals surface area (Å²) in [6.45, 7) is 9.21. The zero-order chi connectivity index (χ0) is 15.2. The Labute approximate surface area is 134 Å². The Morgan fingerprint density at radius 1 is 1.29 bits per heavy atom. The van der Waals surface area contributed by atoms with E-state index in [0.717, 1.165) is 13.1 Å². The lowest BCUT2D eigenvalue weighted by atomic mass is 9.94. The van der Waals surface area contributed by atoms with Gasteiger partial charge in [0.1, 0.15) is 0 Å². The van der Waals surface area contributed by atoms with E-state index in [1.807, 2.05) is 11.8 Å². The molecular formula is C18H30N2S.